The van der Waals surface area contributed by atoms with Gasteiger partial charge in [0.25, 0.3) is 0 Å². The second kappa shape index (κ2) is 6.78. The van der Waals surface area contributed by atoms with Gasteiger partial charge in [-0.1, -0.05) is 31.9 Å². The van der Waals surface area contributed by atoms with Crippen molar-refractivity contribution in [3.8, 4) is 5.75 Å². The number of ether oxygens (including phenoxy) is 1. The van der Waals surface area contributed by atoms with Gasteiger partial charge in [-0.05, 0) is 37.0 Å². The minimum absolute atomic E-state index is 0.147. The molecule has 1 amide bonds. The van der Waals surface area contributed by atoms with E-state index in [0.29, 0.717) is 6.42 Å². The van der Waals surface area contributed by atoms with Crippen LogP contribution in [-0.2, 0) is 10.2 Å². The third-order valence-electron chi connectivity index (χ3n) is 4.39. The minimum atomic E-state index is 0.147. The number of methoxy groups -OCH3 is 1. The highest BCUT2D eigenvalue weighted by molar-refractivity contribution is 5.76. The molecule has 1 aliphatic rings. The van der Waals surface area contributed by atoms with E-state index < -0.39 is 0 Å². The molecule has 110 valence electrons. The second-order valence-corrected chi connectivity index (χ2v) is 5.74. The van der Waals surface area contributed by atoms with Gasteiger partial charge >= 0.3 is 0 Å². The van der Waals surface area contributed by atoms with Crippen LogP contribution in [0.25, 0.3) is 0 Å². The van der Waals surface area contributed by atoms with Gasteiger partial charge in [0.15, 0.2) is 0 Å². The summed E-state index contributed by atoms with van der Waals surface area (Å²) in [5.74, 6) is 1.07. The molecule has 3 nitrogen and oxygen atoms in total. The van der Waals surface area contributed by atoms with E-state index in [1.165, 1.54) is 12.0 Å². The van der Waals surface area contributed by atoms with Crippen molar-refractivity contribution < 1.29 is 9.53 Å². The Balaban J connectivity index is 1.96. The van der Waals surface area contributed by atoms with Crippen LogP contribution < -0.4 is 10.1 Å². The number of amides is 1. The molecule has 1 aromatic rings. The van der Waals surface area contributed by atoms with Gasteiger partial charge < -0.3 is 10.1 Å². The predicted octanol–water partition coefficient (Wildman–Crippen LogP) is 3.42. The molecule has 0 radical (unpaired) electrons. The summed E-state index contributed by atoms with van der Waals surface area (Å²) in [6, 6.07) is 8.29. The number of rotatable bonds is 7. The lowest BCUT2D eigenvalue weighted by molar-refractivity contribution is -0.121. The first kappa shape index (κ1) is 14.9. The van der Waals surface area contributed by atoms with Crippen molar-refractivity contribution >= 4 is 5.91 Å². The maximum absolute atomic E-state index is 11.8. The number of hydrogen-bond donors (Lipinski definition) is 1. The van der Waals surface area contributed by atoms with Gasteiger partial charge in [-0.25, -0.2) is 0 Å². The van der Waals surface area contributed by atoms with Gasteiger partial charge in [-0.15, -0.1) is 0 Å². The molecule has 1 aromatic carbocycles. The Hall–Kier alpha value is -1.51. The molecule has 1 saturated carbocycles. The first-order valence-corrected chi connectivity index (χ1v) is 7.61. The lowest BCUT2D eigenvalue weighted by atomic mass is 9.64. The highest BCUT2D eigenvalue weighted by Gasteiger charge is 2.38. The van der Waals surface area contributed by atoms with Crippen molar-refractivity contribution in [2.75, 3.05) is 13.7 Å². The molecule has 0 aromatic heterocycles. The monoisotopic (exact) mass is 275 g/mol. The maximum Gasteiger partial charge on any atom is 0.220 e. The molecular formula is C17H25NO2. The van der Waals surface area contributed by atoms with Crippen LogP contribution in [0.1, 0.15) is 51.0 Å². The molecular weight excluding hydrogens is 250 g/mol. The zero-order chi connectivity index (χ0) is 14.4. The Kier molecular flexibility index (Phi) is 5.05. The molecule has 3 heteroatoms. The van der Waals surface area contributed by atoms with Crippen molar-refractivity contribution in [3.05, 3.63) is 29.8 Å². The second-order valence-electron chi connectivity index (χ2n) is 5.74. The summed E-state index contributed by atoms with van der Waals surface area (Å²) in [5, 5.41) is 3.12. The number of carbonyl (C=O) groups is 1. The molecule has 0 saturated heterocycles. The summed E-state index contributed by atoms with van der Waals surface area (Å²) >= 11 is 0. The summed E-state index contributed by atoms with van der Waals surface area (Å²) < 4.78 is 5.21. The van der Waals surface area contributed by atoms with E-state index in [-0.39, 0.29) is 11.3 Å². The average molecular weight is 275 g/mol. The molecule has 0 spiro atoms. The fourth-order valence-electron chi connectivity index (χ4n) is 2.81. The highest BCUT2D eigenvalue weighted by atomic mass is 16.5. The molecule has 0 unspecified atom stereocenters. The van der Waals surface area contributed by atoms with E-state index in [0.717, 1.165) is 38.0 Å². The van der Waals surface area contributed by atoms with Crippen LogP contribution in [0.3, 0.4) is 0 Å². The molecule has 0 heterocycles. The van der Waals surface area contributed by atoms with E-state index in [1.807, 2.05) is 12.1 Å². The number of unbranched alkanes of at least 4 members (excludes halogenated alkanes) is 1. The SMILES string of the molecule is CCCCC(=O)NCC1(c2ccc(OC)cc2)CCC1. The average Bonchev–Trinajstić information content (AvgIpc) is 2.44. The Morgan fingerprint density at radius 2 is 2.00 bits per heavy atom. The quantitative estimate of drug-likeness (QED) is 0.828. The topological polar surface area (TPSA) is 38.3 Å². The Morgan fingerprint density at radius 1 is 1.30 bits per heavy atom. The Bertz CT molecular complexity index is 435. The minimum Gasteiger partial charge on any atom is -0.497 e. The van der Waals surface area contributed by atoms with Crippen LogP contribution in [-0.4, -0.2) is 19.6 Å². The fraction of sp³-hybridized carbons (Fsp3) is 0.588. The molecule has 1 N–H and O–H groups in total. The molecule has 1 aliphatic carbocycles. The highest BCUT2D eigenvalue weighted by Crippen LogP contribution is 2.43. The summed E-state index contributed by atoms with van der Waals surface area (Å²) in [6.45, 7) is 2.87. The first-order chi connectivity index (χ1) is 9.70. The summed E-state index contributed by atoms with van der Waals surface area (Å²) in [7, 11) is 1.68. The largest absolute Gasteiger partial charge is 0.497 e. The predicted molar refractivity (Wildman–Crippen MR) is 81.1 cm³/mol. The van der Waals surface area contributed by atoms with Crippen LogP contribution >= 0.6 is 0 Å². The first-order valence-electron chi connectivity index (χ1n) is 7.61. The van der Waals surface area contributed by atoms with Crippen LogP contribution in [0.4, 0.5) is 0 Å². The number of nitrogens with one attached hydrogen (secondary N) is 1. The van der Waals surface area contributed by atoms with Gasteiger partial charge in [-0.2, -0.15) is 0 Å². The maximum atomic E-state index is 11.8. The van der Waals surface area contributed by atoms with Crippen LogP contribution in [0.15, 0.2) is 24.3 Å². The van der Waals surface area contributed by atoms with Gasteiger partial charge in [0, 0.05) is 18.4 Å². The van der Waals surface area contributed by atoms with Crippen LogP contribution in [0.2, 0.25) is 0 Å². The smallest absolute Gasteiger partial charge is 0.220 e. The Morgan fingerprint density at radius 3 is 2.50 bits per heavy atom. The summed E-state index contributed by atoms with van der Waals surface area (Å²) in [4.78, 5) is 11.8. The fourth-order valence-corrected chi connectivity index (χ4v) is 2.81. The number of carbonyl (C=O) groups excluding carboxylic acids is 1. The zero-order valence-electron chi connectivity index (χ0n) is 12.6. The van der Waals surface area contributed by atoms with Crippen molar-refractivity contribution in [1.82, 2.24) is 5.32 Å². The molecule has 0 bridgehead atoms. The summed E-state index contributed by atoms with van der Waals surface area (Å²) in [5.41, 5.74) is 1.47. The molecule has 2 rings (SSSR count). The van der Waals surface area contributed by atoms with Crippen molar-refractivity contribution in [2.24, 2.45) is 0 Å². The zero-order valence-corrected chi connectivity index (χ0v) is 12.6. The molecule has 1 fully saturated rings. The third kappa shape index (κ3) is 3.33. The third-order valence-corrected chi connectivity index (χ3v) is 4.39. The van der Waals surface area contributed by atoms with Gasteiger partial charge in [0.2, 0.25) is 5.91 Å². The van der Waals surface area contributed by atoms with Crippen molar-refractivity contribution in [2.45, 2.75) is 50.9 Å². The van der Waals surface area contributed by atoms with E-state index in [1.54, 1.807) is 7.11 Å². The lowest BCUT2D eigenvalue weighted by Crippen LogP contribution is -2.45. The van der Waals surface area contributed by atoms with E-state index in [2.05, 4.69) is 24.4 Å². The van der Waals surface area contributed by atoms with Crippen LogP contribution in [0.5, 0.6) is 5.75 Å². The van der Waals surface area contributed by atoms with Gasteiger partial charge in [-0.3, -0.25) is 4.79 Å². The standard InChI is InChI=1S/C17H25NO2/c1-3-4-6-16(19)18-13-17(11-5-12-17)14-7-9-15(20-2)10-8-14/h7-10H,3-6,11-13H2,1-2H3,(H,18,19). The molecule has 0 atom stereocenters. The van der Waals surface area contributed by atoms with Crippen LogP contribution in [0, 0.1) is 0 Å². The molecule has 0 aliphatic heterocycles. The lowest BCUT2D eigenvalue weighted by Gasteiger charge is -2.42. The van der Waals surface area contributed by atoms with E-state index in [4.69, 9.17) is 4.74 Å². The van der Waals surface area contributed by atoms with E-state index >= 15 is 0 Å². The number of benzene rings is 1. The van der Waals surface area contributed by atoms with Crippen molar-refractivity contribution in [3.63, 3.8) is 0 Å². The summed E-state index contributed by atoms with van der Waals surface area (Å²) in [6.07, 6.45) is 6.26. The number of hydrogen-bond acceptors (Lipinski definition) is 2. The van der Waals surface area contributed by atoms with Crippen molar-refractivity contribution in [1.29, 1.82) is 0 Å². The van der Waals surface area contributed by atoms with Gasteiger partial charge in [0.1, 0.15) is 5.75 Å². The Labute approximate surface area is 121 Å². The normalized spacial score (nSPS) is 16.3. The van der Waals surface area contributed by atoms with E-state index in [9.17, 15) is 4.79 Å². The molecule has 20 heavy (non-hydrogen) atoms. The van der Waals surface area contributed by atoms with Gasteiger partial charge in [0.05, 0.1) is 7.11 Å².